The van der Waals surface area contributed by atoms with Gasteiger partial charge >= 0.3 is 10.3 Å². The number of rotatable bonds is 2. The average molecular weight is 228 g/mol. The maximum atomic E-state index is 10.9. The highest BCUT2D eigenvalue weighted by molar-refractivity contribution is 7.83. The van der Waals surface area contributed by atoms with Gasteiger partial charge in [0.1, 0.15) is 0 Å². The molecule has 5 nitrogen and oxygen atoms in total. The summed E-state index contributed by atoms with van der Waals surface area (Å²) in [5, 5.41) is 0. The quantitative estimate of drug-likeness (QED) is 0.755. The maximum absolute atomic E-state index is 10.9. The van der Waals surface area contributed by atoms with Gasteiger partial charge in [0.05, 0.1) is 0 Å². The van der Waals surface area contributed by atoms with Crippen molar-refractivity contribution < 1.29 is 13.0 Å². The molecule has 2 heterocycles. The van der Waals surface area contributed by atoms with Gasteiger partial charge in [0.2, 0.25) is 0 Å². The predicted octanol–water partition coefficient (Wildman–Crippen LogP) is 0.674. The molecule has 0 saturated carbocycles. The molecule has 1 aromatic heterocycles. The minimum absolute atomic E-state index is 0.162. The highest BCUT2D eigenvalue weighted by Crippen LogP contribution is 2.27. The molecule has 1 N–H and O–H groups in total. The summed E-state index contributed by atoms with van der Waals surface area (Å²) in [5.41, 5.74) is 1.07. The van der Waals surface area contributed by atoms with Crippen LogP contribution in [-0.4, -0.2) is 35.3 Å². The molecular weight excluding hydrogens is 216 g/mol. The fourth-order valence-corrected chi connectivity index (χ4v) is 2.55. The van der Waals surface area contributed by atoms with E-state index in [0.29, 0.717) is 13.1 Å². The van der Waals surface area contributed by atoms with Crippen LogP contribution in [0.4, 0.5) is 0 Å². The van der Waals surface area contributed by atoms with Crippen LogP contribution in [0.25, 0.3) is 0 Å². The van der Waals surface area contributed by atoms with E-state index in [4.69, 9.17) is 4.55 Å². The van der Waals surface area contributed by atoms with Gasteiger partial charge in [-0.1, -0.05) is 0 Å². The standard InChI is InChI=1S/C9H12N2O3S/c12-15(13,14)11-6-3-9(7-11)8-1-4-10-5-2-8/h1-2,4-5,9H,3,6-7H2,(H,12,13,14). The summed E-state index contributed by atoms with van der Waals surface area (Å²) >= 11 is 0. The van der Waals surface area contributed by atoms with Crippen molar-refractivity contribution in [1.29, 1.82) is 0 Å². The smallest absolute Gasteiger partial charge is 0.273 e. The lowest BCUT2D eigenvalue weighted by Crippen LogP contribution is -2.27. The third kappa shape index (κ3) is 2.34. The second-order valence-corrected chi connectivity index (χ2v) is 5.01. The molecule has 1 aliphatic heterocycles. The normalized spacial score (nSPS) is 23.1. The van der Waals surface area contributed by atoms with E-state index < -0.39 is 10.3 Å². The van der Waals surface area contributed by atoms with Crippen LogP contribution in [0.2, 0.25) is 0 Å². The molecule has 15 heavy (non-hydrogen) atoms. The van der Waals surface area contributed by atoms with Crippen molar-refractivity contribution in [2.24, 2.45) is 0 Å². The Bertz CT molecular complexity index is 432. The SMILES string of the molecule is O=S(=O)(O)N1CCC(c2ccncc2)C1. The predicted molar refractivity (Wildman–Crippen MR) is 54.7 cm³/mol. The van der Waals surface area contributed by atoms with E-state index in [-0.39, 0.29) is 5.92 Å². The summed E-state index contributed by atoms with van der Waals surface area (Å²) in [5.74, 6) is 0.162. The molecular formula is C9H12N2O3S. The van der Waals surface area contributed by atoms with E-state index in [0.717, 1.165) is 16.3 Å². The van der Waals surface area contributed by atoms with Crippen LogP contribution < -0.4 is 0 Å². The fourth-order valence-electron chi connectivity index (χ4n) is 1.85. The summed E-state index contributed by atoms with van der Waals surface area (Å²) in [7, 11) is -4.03. The summed E-state index contributed by atoms with van der Waals surface area (Å²) < 4.78 is 31.7. The average Bonchev–Trinajstić information content (AvgIpc) is 2.67. The van der Waals surface area contributed by atoms with E-state index >= 15 is 0 Å². The third-order valence-electron chi connectivity index (χ3n) is 2.65. The number of aromatic nitrogens is 1. The van der Waals surface area contributed by atoms with Crippen LogP contribution in [-0.2, 0) is 10.3 Å². The van der Waals surface area contributed by atoms with E-state index in [1.165, 1.54) is 0 Å². The van der Waals surface area contributed by atoms with Crippen LogP contribution in [0, 0.1) is 0 Å². The molecule has 0 amide bonds. The first-order valence-electron chi connectivity index (χ1n) is 4.70. The van der Waals surface area contributed by atoms with Crippen LogP contribution in [0.15, 0.2) is 24.5 Å². The molecule has 1 unspecified atom stereocenters. The van der Waals surface area contributed by atoms with Crippen molar-refractivity contribution in [3.8, 4) is 0 Å². The molecule has 1 saturated heterocycles. The van der Waals surface area contributed by atoms with E-state index in [9.17, 15) is 8.42 Å². The van der Waals surface area contributed by atoms with Crippen molar-refractivity contribution >= 4 is 10.3 Å². The molecule has 0 aromatic carbocycles. The Morgan fingerprint density at radius 3 is 2.60 bits per heavy atom. The zero-order valence-electron chi connectivity index (χ0n) is 8.07. The second kappa shape index (κ2) is 3.88. The van der Waals surface area contributed by atoms with Gasteiger partial charge in [-0.05, 0) is 30.0 Å². The summed E-state index contributed by atoms with van der Waals surface area (Å²) in [6, 6.07) is 3.75. The molecule has 2 rings (SSSR count). The fraction of sp³-hybridized carbons (Fsp3) is 0.444. The zero-order chi connectivity index (χ0) is 10.9. The van der Waals surface area contributed by atoms with Gasteiger partial charge in [0.25, 0.3) is 0 Å². The van der Waals surface area contributed by atoms with Crippen molar-refractivity contribution in [3.63, 3.8) is 0 Å². The molecule has 1 aliphatic rings. The van der Waals surface area contributed by atoms with Gasteiger partial charge in [0, 0.05) is 25.5 Å². The Balaban J connectivity index is 2.12. The van der Waals surface area contributed by atoms with Gasteiger partial charge in [-0.2, -0.15) is 12.7 Å². The van der Waals surface area contributed by atoms with Gasteiger partial charge < -0.3 is 0 Å². The number of nitrogens with zero attached hydrogens (tertiary/aromatic N) is 2. The monoisotopic (exact) mass is 228 g/mol. The number of pyridine rings is 1. The van der Waals surface area contributed by atoms with Crippen molar-refractivity contribution in [1.82, 2.24) is 9.29 Å². The molecule has 0 bridgehead atoms. The molecule has 1 aromatic rings. The molecule has 0 radical (unpaired) electrons. The third-order valence-corrected chi connectivity index (χ3v) is 3.64. The van der Waals surface area contributed by atoms with Gasteiger partial charge in [-0.15, -0.1) is 0 Å². The molecule has 1 fully saturated rings. The largest absolute Gasteiger partial charge is 0.335 e. The second-order valence-electron chi connectivity index (χ2n) is 3.60. The first-order chi connectivity index (χ1) is 7.07. The Morgan fingerprint density at radius 2 is 2.07 bits per heavy atom. The lowest BCUT2D eigenvalue weighted by Gasteiger charge is -2.11. The number of hydrogen-bond acceptors (Lipinski definition) is 3. The lowest BCUT2D eigenvalue weighted by atomic mass is 10.0. The highest BCUT2D eigenvalue weighted by Gasteiger charge is 2.30. The molecule has 1 atom stereocenters. The Kier molecular flexibility index (Phi) is 2.72. The number of hydrogen-bond donors (Lipinski definition) is 1. The van der Waals surface area contributed by atoms with Crippen molar-refractivity contribution in [2.75, 3.05) is 13.1 Å². The van der Waals surface area contributed by atoms with Crippen molar-refractivity contribution in [2.45, 2.75) is 12.3 Å². The van der Waals surface area contributed by atoms with Crippen LogP contribution in [0.5, 0.6) is 0 Å². The first-order valence-corrected chi connectivity index (χ1v) is 6.09. The Morgan fingerprint density at radius 1 is 1.40 bits per heavy atom. The molecule has 82 valence electrons. The topological polar surface area (TPSA) is 70.5 Å². The van der Waals surface area contributed by atoms with Crippen LogP contribution in [0.1, 0.15) is 17.9 Å². The summed E-state index contributed by atoms with van der Waals surface area (Å²) in [4.78, 5) is 3.90. The zero-order valence-corrected chi connectivity index (χ0v) is 8.89. The van der Waals surface area contributed by atoms with Crippen molar-refractivity contribution in [3.05, 3.63) is 30.1 Å². The van der Waals surface area contributed by atoms with Gasteiger partial charge in [-0.25, -0.2) is 0 Å². The first kappa shape index (κ1) is 10.5. The lowest BCUT2D eigenvalue weighted by molar-refractivity contribution is 0.387. The van der Waals surface area contributed by atoms with E-state index in [1.807, 2.05) is 12.1 Å². The highest BCUT2D eigenvalue weighted by atomic mass is 32.2. The summed E-state index contributed by atoms with van der Waals surface area (Å²) in [6.45, 7) is 0.731. The van der Waals surface area contributed by atoms with Crippen LogP contribution >= 0.6 is 0 Å². The molecule has 0 aliphatic carbocycles. The molecule has 0 spiro atoms. The van der Waals surface area contributed by atoms with E-state index in [1.54, 1.807) is 12.4 Å². The molecule has 6 heteroatoms. The van der Waals surface area contributed by atoms with Gasteiger partial charge in [-0.3, -0.25) is 9.54 Å². The van der Waals surface area contributed by atoms with Crippen LogP contribution in [0.3, 0.4) is 0 Å². The maximum Gasteiger partial charge on any atom is 0.335 e. The Hall–Kier alpha value is -0.980. The minimum Gasteiger partial charge on any atom is -0.273 e. The van der Waals surface area contributed by atoms with Gasteiger partial charge in [0.15, 0.2) is 0 Å². The minimum atomic E-state index is -4.03. The Labute approximate surface area is 88.6 Å². The van der Waals surface area contributed by atoms with E-state index in [2.05, 4.69) is 4.98 Å². The summed E-state index contributed by atoms with van der Waals surface area (Å²) in [6.07, 6.45) is 4.11.